The number of hydrogen-bond acceptors (Lipinski definition) is 3. The van der Waals surface area contributed by atoms with Crippen molar-refractivity contribution in [2.24, 2.45) is 0 Å². The predicted molar refractivity (Wildman–Crippen MR) is 112 cm³/mol. The van der Waals surface area contributed by atoms with Gasteiger partial charge in [-0.2, -0.15) is 0 Å². The van der Waals surface area contributed by atoms with Crippen LogP contribution in [0.5, 0.6) is 0 Å². The van der Waals surface area contributed by atoms with Gasteiger partial charge in [0.15, 0.2) is 0 Å². The number of amides is 1. The highest BCUT2D eigenvalue weighted by atomic mass is 35.5. The van der Waals surface area contributed by atoms with E-state index in [1.807, 2.05) is 32.0 Å². The second-order valence-corrected chi connectivity index (χ2v) is 9.15. The molecular formula is C19H22Cl2N2O3S. The first-order chi connectivity index (χ1) is 12.5. The maximum Gasteiger partial charge on any atom is 0.248 e. The van der Waals surface area contributed by atoms with E-state index in [2.05, 4.69) is 5.32 Å². The van der Waals surface area contributed by atoms with Crippen LogP contribution in [0.25, 0.3) is 0 Å². The lowest BCUT2D eigenvalue weighted by molar-refractivity contribution is -0.117. The number of aryl methyl sites for hydroxylation is 2. The molecule has 0 saturated carbocycles. The third-order valence-corrected chi connectivity index (χ3v) is 5.69. The number of anilines is 2. The Labute approximate surface area is 170 Å². The maximum absolute atomic E-state index is 12.9. The molecule has 5 nitrogen and oxygen atoms in total. The van der Waals surface area contributed by atoms with E-state index in [-0.39, 0.29) is 17.1 Å². The summed E-state index contributed by atoms with van der Waals surface area (Å²) in [6.45, 7) is 5.59. The van der Waals surface area contributed by atoms with Crippen LogP contribution >= 0.6 is 23.2 Å². The molecule has 0 bridgehead atoms. The van der Waals surface area contributed by atoms with Crippen molar-refractivity contribution in [2.75, 3.05) is 15.9 Å². The van der Waals surface area contributed by atoms with Gasteiger partial charge in [0.2, 0.25) is 15.9 Å². The molecule has 0 aromatic heterocycles. The molecule has 2 aromatic rings. The van der Waals surface area contributed by atoms with Crippen LogP contribution in [-0.4, -0.2) is 26.6 Å². The summed E-state index contributed by atoms with van der Waals surface area (Å²) >= 11 is 12.2. The van der Waals surface area contributed by atoms with Crippen LogP contribution in [0.15, 0.2) is 36.4 Å². The van der Waals surface area contributed by atoms with Gasteiger partial charge < -0.3 is 5.32 Å². The van der Waals surface area contributed by atoms with Gasteiger partial charge in [0.05, 0.1) is 17.0 Å². The van der Waals surface area contributed by atoms with Crippen LogP contribution in [-0.2, 0) is 14.8 Å². The van der Waals surface area contributed by atoms with Crippen LogP contribution in [0.2, 0.25) is 10.0 Å². The van der Waals surface area contributed by atoms with Gasteiger partial charge in [-0.05, 0) is 61.7 Å². The fourth-order valence-corrected chi connectivity index (χ4v) is 4.60. The Morgan fingerprint density at radius 3 is 2.22 bits per heavy atom. The van der Waals surface area contributed by atoms with E-state index in [0.29, 0.717) is 10.7 Å². The average Bonchev–Trinajstić information content (AvgIpc) is 2.52. The molecule has 2 aromatic carbocycles. The molecule has 0 spiro atoms. The van der Waals surface area contributed by atoms with Gasteiger partial charge in [0.1, 0.15) is 6.04 Å². The van der Waals surface area contributed by atoms with Crippen LogP contribution in [0.4, 0.5) is 11.4 Å². The highest BCUT2D eigenvalue weighted by Gasteiger charge is 2.33. The van der Waals surface area contributed by atoms with E-state index in [1.54, 1.807) is 13.0 Å². The van der Waals surface area contributed by atoms with E-state index >= 15 is 0 Å². The molecule has 0 aliphatic heterocycles. The summed E-state index contributed by atoms with van der Waals surface area (Å²) in [6, 6.07) is 9.18. The molecule has 0 heterocycles. The first kappa shape index (κ1) is 21.5. The van der Waals surface area contributed by atoms with Gasteiger partial charge in [-0.15, -0.1) is 0 Å². The van der Waals surface area contributed by atoms with E-state index in [4.69, 9.17) is 23.2 Å². The Morgan fingerprint density at radius 1 is 1.11 bits per heavy atom. The Balaban J connectivity index is 2.46. The summed E-state index contributed by atoms with van der Waals surface area (Å²) in [6.07, 6.45) is 1.30. The van der Waals surface area contributed by atoms with E-state index in [1.165, 1.54) is 12.1 Å². The summed E-state index contributed by atoms with van der Waals surface area (Å²) in [5, 5.41) is 3.33. The standard InChI is InChI=1S/C19H22Cl2N2O3S/c1-5-17(19(24)22-15-9-12(2)8-13(3)10-15)23(27(4,25)26)18-11-14(20)6-7-16(18)21/h6-11,17H,5H2,1-4H3,(H,22,24)/t17-/m1/s1. The lowest BCUT2D eigenvalue weighted by Crippen LogP contribution is -2.47. The molecule has 0 aliphatic rings. The Bertz CT molecular complexity index is 941. The number of halogens is 2. The zero-order chi connectivity index (χ0) is 20.4. The van der Waals surface area contributed by atoms with Crippen molar-refractivity contribution >= 4 is 50.5 Å². The average molecular weight is 429 g/mol. The van der Waals surface area contributed by atoms with Crippen LogP contribution in [0.1, 0.15) is 24.5 Å². The zero-order valence-corrected chi connectivity index (χ0v) is 17.9. The molecule has 1 N–H and O–H groups in total. The normalized spacial score (nSPS) is 12.5. The number of carbonyl (C=O) groups is 1. The number of nitrogens with zero attached hydrogens (tertiary/aromatic N) is 1. The number of nitrogens with one attached hydrogen (secondary N) is 1. The minimum absolute atomic E-state index is 0.175. The van der Waals surface area contributed by atoms with Crippen LogP contribution in [0, 0.1) is 13.8 Å². The Kier molecular flexibility index (Phi) is 6.78. The molecule has 0 radical (unpaired) electrons. The monoisotopic (exact) mass is 428 g/mol. The largest absolute Gasteiger partial charge is 0.324 e. The van der Waals surface area contributed by atoms with Crippen molar-refractivity contribution < 1.29 is 13.2 Å². The van der Waals surface area contributed by atoms with E-state index in [9.17, 15) is 13.2 Å². The number of hydrogen-bond donors (Lipinski definition) is 1. The number of benzene rings is 2. The van der Waals surface area contributed by atoms with Crippen LogP contribution < -0.4 is 9.62 Å². The predicted octanol–water partition coefficient (Wildman–Crippen LogP) is 4.79. The SMILES string of the molecule is CC[C@H](C(=O)Nc1cc(C)cc(C)c1)N(c1cc(Cl)ccc1Cl)S(C)(=O)=O. The van der Waals surface area contributed by atoms with Gasteiger partial charge in [-0.25, -0.2) is 8.42 Å². The topological polar surface area (TPSA) is 66.5 Å². The third-order valence-electron chi connectivity index (χ3n) is 3.96. The molecule has 146 valence electrons. The third kappa shape index (κ3) is 5.37. The molecule has 2 rings (SSSR count). The fraction of sp³-hybridized carbons (Fsp3) is 0.316. The lowest BCUT2D eigenvalue weighted by atomic mass is 10.1. The highest BCUT2D eigenvalue weighted by Crippen LogP contribution is 2.33. The first-order valence-electron chi connectivity index (χ1n) is 8.36. The van der Waals surface area contributed by atoms with Crippen molar-refractivity contribution in [1.82, 2.24) is 0 Å². The van der Waals surface area contributed by atoms with Gasteiger partial charge in [0.25, 0.3) is 0 Å². The molecule has 1 amide bonds. The van der Waals surface area contributed by atoms with E-state index in [0.717, 1.165) is 21.7 Å². The summed E-state index contributed by atoms with van der Waals surface area (Å²) in [7, 11) is -3.79. The second-order valence-electron chi connectivity index (χ2n) is 6.44. The summed E-state index contributed by atoms with van der Waals surface area (Å²) < 4.78 is 26.0. The molecule has 8 heteroatoms. The minimum Gasteiger partial charge on any atom is -0.324 e. The second kappa shape index (κ2) is 8.50. The molecule has 0 aliphatic carbocycles. The molecule has 0 fully saturated rings. The number of rotatable bonds is 6. The van der Waals surface area contributed by atoms with Crippen LogP contribution in [0.3, 0.4) is 0 Å². The van der Waals surface area contributed by atoms with Crippen molar-refractivity contribution in [1.29, 1.82) is 0 Å². The first-order valence-corrected chi connectivity index (χ1v) is 11.0. The smallest absolute Gasteiger partial charge is 0.248 e. The number of carbonyl (C=O) groups excluding carboxylic acids is 1. The molecule has 1 atom stereocenters. The van der Waals surface area contributed by atoms with Gasteiger partial charge in [-0.1, -0.05) is 36.2 Å². The fourth-order valence-electron chi connectivity index (χ4n) is 2.96. The van der Waals surface area contributed by atoms with Crippen molar-refractivity contribution in [2.45, 2.75) is 33.2 Å². The maximum atomic E-state index is 12.9. The lowest BCUT2D eigenvalue weighted by Gasteiger charge is -2.30. The zero-order valence-electron chi connectivity index (χ0n) is 15.6. The quantitative estimate of drug-likeness (QED) is 0.718. The minimum atomic E-state index is -3.79. The summed E-state index contributed by atoms with van der Waals surface area (Å²) in [5.74, 6) is -0.441. The van der Waals surface area contributed by atoms with Gasteiger partial charge >= 0.3 is 0 Å². The number of sulfonamides is 1. The Morgan fingerprint density at radius 2 is 1.70 bits per heavy atom. The van der Waals surface area contributed by atoms with Gasteiger partial charge in [0, 0.05) is 10.7 Å². The molecule has 0 saturated heterocycles. The van der Waals surface area contributed by atoms with E-state index < -0.39 is 22.0 Å². The van der Waals surface area contributed by atoms with Gasteiger partial charge in [-0.3, -0.25) is 9.10 Å². The molecule has 0 unspecified atom stereocenters. The van der Waals surface area contributed by atoms with Crippen molar-refractivity contribution in [3.8, 4) is 0 Å². The molecular weight excluding hydrogens is 407 g/mol. The molecule has 27 heavy (non-hydrogen) atoms. The summed E-state index contributed by atoms with van der Waals surface area (Å²) in [5.41, 5.74) is 2.78. The highest BCUT2D eigenvalue weighted by molar-refractivity contribution is 7.92. The summed E-state index contributed by atoms with van der Waals surface area (Å²) in [4.78, 5) is 12.9. The Hall–Kier alpha value is -1.76. The van der Waals surface area contributed by atoms with Crippen molar-refractivity contribution in [3.63, 3.8) is 0 Å². The van der Waals surface area contributed by atoms with Crippen molar-refractivity contribution in [3.05, 3.63) is 57.6 Å².